The molecule has 220 valence electrons. The minimum Gasteiger partial charge on any atom is -0.495 e. The zero-order valence-electron chi connectivity index (χ0n) is 23.3. The van der Waals surface area contributed by atoms with Crippen LogP contribution in [0.1, 0.15) is 33.3 Å². The Bertz CT molecular complexity index is 1490. The molecule has 0 aliphatic rings. The van der Waals surface area contributed by atoms with Crippen LogP contribution in [0.15, 0.2) is 71.6 Å². The van der Waals surface area contributed by atoms with Crippen molar-refractivity contribution in [2.45, 2.75) is 50.7 Å². The maximum atomic E-state index is 14.0. The third kappa shape index (κ3) is 8.07. The standard InChI is InChI=1S/C29H32Cl3N3O5S/c1-19(28(37)33-29(2,3)4)34(17-22-23(30)12-9-13-24(22)31)27(36)18-35(20-14-15-26(40-5)25(32)16-20)41(38,39)21-10-7-6-8-11-21/h6-16,19H,17-18H2,1-5H3,(H,33,37)/t19-/m0/s1. The Hall–Kier alpha value is -2.98. The van der Waals surface area contributed by atoms with Crippen molar-refractivity contribution < 1.29 is 22.7 Å². The first-order chi connectivity index (χ1) is 19.2. The molecule has 0 spiro atoms. The Kier molecular flexibility index (Phi) is 10.6. The van der Waals surface area contributed by atoms with Crippen LogP contribution >= 0.6 is 34.8 Å². The summed E-state index contributed by atoms with van der Waals surface area (Å²) in [5, 5.41) is 3.63. The normalized spacial score (nSPS) is 12.4. The Balaban J connectivity index is 2.10. The average molecular weight is 641 g/mol. The molecule has 2 amide bonds. The molecule has 0 fully saturated rings. The number of benzene rings is 3. The number of sulfonamides is 1. The minimum atomic E-state index is -4.25. The Morgan fingerprint density at radius 2 is 1.54 bits per heavy atom. The number of carbonyl (C=O) groups excluding carboxylic acids is 2. The largest absolute Gasteiger partial charge is 0.495 e. The fourth-order valence-corrected chi connectivity index (χ4v) is 6.17. The SMILES string of the molecule is COc1ccc(N(CC(=O)N(Cc2c(Cl)cccc2Cl)[C@@H](C)C(=O)NC(C)(C)C)S(=O)(=O)c2ccccc2)cc1Cl. The van der Waals surface area contributed by atoms with Gasteiger partial charge in [-0.25, -0.2) is 8.42 Å². The highest BCUT2D eigenvalue weighted by Crippen LogP contribution is 2.33. The molecule has 0 radical (unpaired) electrons. The number of rotatable bonds is 10. The molecule has 0 unspecified atom stereocenters. The number of carbonyl (C=O) groups is 2. The van der Waals surface area contributed by atoms with Gasteiger partial charge >= 0.3 is 0 Å². The van der Waals surface area contributed by atoms with E-state index in [1.807, 2.05) is 20.8 Å². The Morgan fingerprint density at radius 3 is 2.07 bits per heavy atom. The molecule has 3 aromatic carbocycles. The lowest BCUT2D eigenvalue weighted by atomic mass is 10.1. The maximum absolute atomic E-state index is 14.0. The monoisotopic (exact) mass is 639 g/mol. The van der Waals surface area contributed by atoms with Crippen LogP contribution in [0.4, 0.5) is 5.69 Å². The molecular weight excluding hydrogens is 609 g/mol. The smallest absolute Gasteiger partial charge is 0.264 e. The van der Waals surface area contributed by atoms with Gasteiger partial charge in [-0.3, -0.25) is 13.9 Å². The molecule has 3 aromatic rings. The molecule has 0 aliphatic heterocycles. The van der Waals surface area contributed by atoms with E-state index < -0.39 is 40.0 Å². The van der Waals surface area contributed by atoms with Crippen molar-refractivity contribution in [1.82, 2.24) is 10.2 Å². The maximum Gasteiger partial charge on any atom is 0.264 e. The van der Waals surface area contributed by atoms with Gasteiger partial charge in [-0.15, -0.1) is 0 Å². The molecule has 0 saturated heterocycles. The van der Waals surface area contributed by atoms with Crippen LogP contribution < -0.4 is 14.4 Å². The van der Waals surface area contributed by atoms with Crippen molar-refractivity contribution in [3.8, 4) is 5.75 Å². The van der Waals surface area contributed by atoms with Crippen LogP contribution in [0, 0.1) is 0 Å². The highest BCUT2D eigenvalue weighted by molar-refractivity contribution is 7.92. The van der Waals surface area contributed by atoms with Gasteiger partial charge in [0.2, 0.25) is 11.8 Å². The quantitative estimate of drug-likeness (QED) is 0.286. The number of anilines is 1. The summed E-state index contributed by atoms with van der Waals surface area (Å²) in [5.41, 5.74) is -0.0231. The lowest BCUT2D eigenvalue weighted by molar-refractivity contribution is -0.140. The number of halogens is 3. The summed E-state index contributed by atoms with van der Waals surface area (Å²) in [5.74, 6) is -0.760. The van der Waals surface area contributed by atoms with Crippen molar-refractivity contribution in [3.63, 3.8) is 0 Å². The molecule has 0 saturated carbocycles. The first kappa shape index (κ1) is 32.5. The van der Waals surface area contributed by atoms with Crippen LogP contribution in [0.2, 0.25) is 15.1 Å². The van der Waals surface area contributed by atoms with Gasteiger partial charge in [0.1, 0.15) is 18.3 Å². The molecule has 0 aliphatic carbocycles. The minimum absolute atomic E-state index is 0.0287. The highest BCUT2D eigenvalue weighted by atomic mass is 35.5. The number of ether oxygens (including phenoxy) is 1. The molecule has 0 heterocycles. The van der Waals surface area contributed by atoms with E-state index in [2.05, 4.69) is 5.32 Å². The number of hydrogen-bond donors (Lipinski definition) is 1. The second-order valence-corrected chi connectivity index (χ2v) is 13.4. The van der Waals surface area contributed by atoms with Crippen molar-refractivity contribution in [1.29, 1.82) is 0 Å². The molecule has 8 nitrogen and oxygen atoms in total. The van der Waals surface area contributed by atoms with Crippen LogP contribution in [-0.4, -0.2) is 50.4 Å². The predicted molar refractivity (Wildman–Crippen MR) is 163 cm³/mol. The summed E-state index contributed by atoms with van der Waals surface area (Å²) in [6, 6.07) is 16.0. The van der Waals surface area contributed by atoms with Gasteiger partial charge < -0.3 is 15.0 Å². The molecule has 12 heteroatoms. The third-order valence-corrected chi connectivity index (χ3v) is 8.88. The molecular formula is C29H32Cl3N3O5S. The molecule has 41 heavy (non-hydrogen) atoms. The number of hydrogen-bond acceptors (Lipinski definition) is 5. The van der Waals surface area contributed by atoms with E-state index in [9.17, 15) is 18.0 Å². The van der Waals surface area contributed by atoms with Gasteiger partial charge in [-0.2, -0.15) is 0 Å². The fourth-order valence-electron chi connectivity index (χ4n) is 3.97. The third-order valence-electron chi connectivity index (χ3n) is 6.09. The van der Waals surface area contributed by atoms with E-state index in [0.717, 1.165) is 4.31 Å². The predicted octanol–water partition coefficient (Wildman–Crippen LogP) is 6.18. The van der Waals surface area contributed by atoms with Gasteiger partial charge in [-0.05, 0) is 70.2 Å². The molecule has 1 atom stereocenters. The van der Waals surface area contributed by atoms with Crippen LogP contribution in [-0.2, 0) is 26.2 Å². The topological polar surface area (TPSA) is 96.0 Å². The first-order valence-electron chi connectivity index (χ1n) is 12.6. The molecule has 0 aromatic heterocycles. The van der Waals surface area contributed by atoms with E-state index in [4.69, 9.17) is 39.5 Å². The Labute approximate surface area is 256 Å². The first-order valence-corrected chi connectivity index (χ1v) is 15.2. The summed E-state index contributed by atoms with van der Waals surface area (Å²) < 4.78 is 33.9. The number of nitrogens with one attached hydrogen (secondary N) is 1. The van der Waals surface area contributed by atoms with Crippen molar-refractivity contribution in [3.05, 3.63) is 87.4 Å². The molecule has 1 N–H and O–H groups in total. The zero-order valence-corrected chi connectivity index (χ0v) is 26.4. The van der Waals surface area contributed by atoms with Crippen molar-refractivity contribution in [2.24, 2.45) is 0 Å². The molecule has 0 bridgehead atoms. The average Bonchev–Trinajstić information content (AvgIpc) is 2.90. The lowest BCUT2D eigenvalue weighted by Crippen LogP contribution is -2.54. The van der Waals surface area contributed by atoms with Crippen LogP contribution in [0.3, 0.4) is 0 Å². The van der Waals surface area contributed by atoms with Gasteiger partial charge in [0.15, 0.2) is 0 Å². The van der Waals surface area contributed by atoms with Gasteiger partial charge in [0.25, 0.3) is 10.0 Å². The summed E-state index contributed by atoms with van der Waals surface area (Å²) in [6.45, 7) is 6.22. The summed E-state index contributed by atoms with van der Waals surface area (Å²) in [6.07, 6.45) is 0. The van der Waals surface area contributed by atoms with Gasteiger partial charge in [-0.1, -0.05) is 59.1 Å². The van der Waals surface area contributed by atoms with Crippen LogP contribution in [0.25, 0.3) is 0 Å². The van der Waals surface area contributed by atoms with Crippen molar-refractivity contribution in [2.75, 3.05) is 18.0 Å². The van der Waals surface area contributed by atoms with E-state index >= 15 is 0 Å². The van der Waals surface area contributed by atoms with E-state index in [-0.39, 0.29) is 22.2 Å². The van der Waals surface area contributed by atoms with Crippen molar-refractivity contribution >= 4 is 62.3 Å². The second-order valence-electron chi connectivity index (χ2n) is 10.3. The van der Waals surface area contributed by atoms with Crippen LogP contribution in [0.5, 0.6) is 5.75 Å². The number of amides is 2. The van der Waals surface area contributed by atoms with Gasteiger partial charge in [0.05, 0.1) is 22.7 Å². The fraction of sp³-hybridized carbons (Fsp3) is 0.310. The number of methoxy groups -OCH3 is 1. The number of nitrogens with zero attached hydrogens (tertiary/aromatic N) is 2. The summed E-state index contributed by atoms with van der Waals surface area (Å²) >= 11 is 19.2. The zero-order chi connectivity index (χ0) is 30.5. The van der Waals surface area contributed by atoms with E-state index in [0.29, 0.717) is 21.4 Å². The lowest BCUT2D eigenvalue weighted by Gasteiger charge is -2.34. The summed E-state index contributed by atoms with van der Waals surface area (Å²) in [7, 11) is -2.81. The summed E-state index contributed by atoms with van der Waals surface area (Å²) in [4.78, 5) is 28.5. The van der Waals surface area contributed by atoms with E-state index in [1.54, 1.807) is 43.3 Å². The second kappa shape index (κ2) is 13.3. The molecule has 3 rings (SSSR count). The van der Waals surface area contributed by atoms with Gasteiger partial charge in [0, 0.05) is 27.7 Å². The van der Waals surface area contributed by atoms with E-state index in [1.165, 1.54) is 42.3 Å². The highest BCUT2D eigenvalue weighted by Gasteiger charge is 2.34. The Morgan fingerprint density at radius 1 is 0.927 bits per heavy atom.